The number of hydrogen-bond acceptors (Lipinski definition) is 6. The summed E-state index contributed by atoms with van der Waals surface area (Å²) in [5.74, 6) is 2.44. The third kappa shape index (κ3) is 3.48. The average molecular weight is 377 g/mol. The van der Waals surface area contributed by atoms with Crippen LogP contribution < -0.4 is 4.74 Å². The number of sulfonamides is 1. The van der Waals surface area contributed by atoms with Crippen LogP contribution in [0.25, 0.3) is 0 Å². The van der Waals surface area contributed by atoms with Gasteiger partial charge in [0.1, 0.15) is 10.6 Å². The number of piperidine rings is 1. The molecule has 1 saturated carbocycles. The summed E-state index contributed by atoms with van der Waals surface area (Å²) in [6.45, 7) is 0.982. The third-order valence-electron chi connectivity index (χ3n) is 5.06. The van der Waals surface area contributed by atoms with Crippen LogP contribution in [0.1, 0.15) is 43.3 Å². The number of rotatable bonds is 6. The number of aromatic nitrogens is 2. The number of ether oxygens (including phenoxy) is 1. The van der Waals surface area contributed by atoms with E-state index in [1.165, 1.54) is 7.11 Å². The Morgan fingerprint density at radius 1 is 1.27 bits per heavy atom. The number of nitrogens with zero attached hydrogens (tertiary/aromatic N) is 3. The van der Waals surface area contributed by atoms with Gasteiger partial charge in [0, 0.05) is 25.4 Å². The van der Waals surface area contributed by atoms with Crippen LogP contribution in [0.3, 0.4) is 0 Å². The monoisotopic (exact) mass is 377 g/mol. The number of methoxy groups -OCH3 is 1. The molecule has 4 rings (SSSR count). The zero-order valence-corrected chi connectivity index (χ0v) is 15.6. The van der Waals surface area contributed by atoms with Crippen molar-refractivity contribution >= 4 is 10.0 Å². The SMILES string of the molecule is COc1ccccc1S(=O)(=O)N1CCCC(Cc2nc(C3CC3)no2)C1. The molecular weight excluding hydrogens is 354 g/mol. The van der Waals surface area contributed by atoms with Crippen LogP contribution in [-0.4, -0.2) is 43.1 Å². The smallest absolute Gasteiger partial charge is 0.246 e. The highest BCUT2D eigenvalue weighted by molar-refractivity contribution is 7.89. The molecule has 1 unspecified atom stereocenters. The lowest BCUT2D eigenvalue weighted by atomic mass is 9.96. The maximum atomic E-state index is 13.1. The van der Waals surface area contributed by atoms with Crippen LogP contribution in [0.4, 0.5) is 0 Å². The molecule has 1 aliphatic carbocycles. The van der Waals surface area contributed by atoms with E-state index in [2.05, 4.69) is 10.1 Å². The molecule has 26 heavy (non-hydrogen) atoms. The number of para-hydroxylation sites is 1. The first-order valence-electron chi connectivity index (χ1n) is 9.03. The lowest BCUT2D eigenvalue weighted by Gasteiger charge is -2.31. The molecule has 0 bridgehead atoms. The van der Waals surface area contributed by atoms with Crippen molar-refractivity contribution in [3.05, 3.63) is 36.0 Å². The molecule has 1 saturated heterocycles. The molecule has 2 aromatic rings. The maximum Gasteiger partial charge on any atom is 0.246 e. The molecule has 0 radical (unpaired) electrons. The fourth-order valence-corrected chi connectivity index (χ4v) is 5.20. The molecule has 140 valence electrons. The second-order valence-electron chi connectivity index (χ2n) is 7.05. The minimum atomic E-state index is -3.59. The lowest BCUT2D eigenvalue weighted by Crippen LogP contribution is -2.40. The van der Waals surface area contributed by atoms with Gasteiger partial charge >= 0.3 is 0 Å². The van der Waals surface area contributed by atoms with Crippen LogP contribution >= 0.6 is 0 Å². The predicted octanol–water partition coefficient (Wildman–Crippen LogP) is 2.60. The first-order valence-corrected chi connectivity index (χ1v) is 10.5. The van der Waals surface area contributed by atoms with Gasteiger partial charge in [-0.25, -0.2) is 8.42 Å². The highest BCUT2D eigenvalue weighted by atomic mass is 32.2. The van der Waals surface area contributed by atoms with Gasteiger partial charge in [0.2, 0.25) is 15.9 Å². The second-order valence-corrected chi connectivity index (χ2v) is 8.95. The van der Waals surface area contributed by atoms with Gasteiger partial charge in [-0.15, -0.1) is 0 Å². The lowest BCUT2D eigenvalue weighted by molar-refractivity contribution is 0.246. The molecule has 0 spiro atoms. The Morgan fingerprint density at radius 2 is 2.08 bits per heavy atom. The van der Waals surface area contributed by atoms with Gasteiger partial charge < -0.3 is 9.26 Å². The van der Waals surface area contributed by atoms with Crippen LogP contribution in [0.5, 0.6) is 5.75 Å². The highest BCUT2D eigenvalue weighted by Gasteiger charge is 2.33. The average Bonchev–Trinajstić information content (AvgIpc) is 3.41. The Hall–Kier alpha value is -1.93. The van der Waals surface area contributed by atoms with E-state index in [1.807, 2.05) is 0 Å². The fourth-order valence-electron chi connectivity index (χ4n) is 3.49. The van der Waals surface area contributed by atoms with Crippen LogP contribution in [0, 0.1) is 5.92 Å². The van der Waals surface area contributed by atoms with E-state index in [1.54, 1.807) is 28.6 Å². The molecule has 1 aromatic carbocycles. The molecule has 1 aromatic heterocycles. The minimum Gasteiger partial charge on any atom is -0.495 e. The van der Waals surface area contributed by atoms with E-state index in [0.29, 0.717) is 37.1 Å². The number of benzene rings is 1. The van der Waals surface area contributed by atoms with Crippen molar-refractivity contribution in [1.82, 2.24) is 14.4 Å². The predicted molar refractivity (Wildman–Crippen MR) is 94.5 cm³/mol. The van der Waals surface area contributed by atoms with Crippen molar-refractivity contribution in [2.75, 3.05) is 20.2 Å². The molecule has 2 fully saturated rings. The van der Waals surface area contributed by atoms with Crippen LogP contribution in [0.15, 0.2) is 33.7 Å². The Labute approximate surface area is 153 Å². The van der Waals surface area contributed by atoms with E-state index in [0.717, 1.165) is 31.5 Å². The van der Waals surface area contributed by atoms with E-state index in [9.17, 15) is 8.42 Å². The molecule has 2 aliphatic rings. The Bertz CT molecular complexity index is 876. The van der Waals surface area contributed by atoms with Crippen molar-refractivity contribution in [2.45, 2.75) is 42.9 Å². The summed E-state index contributed by atoms with van der Waals surface area (Å²) in [6, 6.07) is 6.75. The highest BCUT2D eigenvalue weighted by Crippen LogP contribution is 2.38. The molecule has 0 N–H and O–H groups in total. The van der Waals surface area contributed by atoms with Gasteiger partial charge in [-0.2, -0.15) is 9.29 Å². The third-order valence-corrected chi connectivity index (χ3v) is 6.96. The molecular formula is C18H23N3O4S. The van der Waals surface area contributed by atoms with Crippen molar-refractivity contribution in [3.63, 3.8) is 0 Å². The summed E-state index contributed by atoms with van der Waals surface area (Å²) in [6.07, 6.45) is 4.67. The van der Waals surface area contributed by atoms with Crippen molar-refractivity contribution in [3.8, 4) is 5.75 Å². The molecule has 2 heterocycles. The first kappa shape index (κ1) is 17.5. The van der Waals surface area contributed by atoms with Crippen molar-refractivity contribution in [1.29, 1.82) is 0 Å². The number of hydrogen-bond donors (Lipinski definition) is 0. The molecule has 0 amide bonds. The van der Waals surface area contributed by atoms with Gasteiger partial charge in [-0.3, -0.25) is 0 Å². The maximum absolute atomic E-state index is 13.1. The molecule has 8 heteroatoms. The second kappa shape index (κ2) is 7.00. The molecule has 1 aliphatic heterocycles. The van der Waals surface area contributed by atoms with Gasteiger partial charge in [0.25, 0.3) is 0 Å². The van der Waals surface area contributed by atoms with Crippen molar-refractivity contribution in [2.24, 2.45) is 5.92 Å². The molecule has 1 atom stereocenters. The zero-order valence-electron chi connectivity index (χ0n) is 14.8. The van der Waals surface area contributed by atoms with Gasteiger partial charge in [-0.05, 0) is 43.7 Å². The summed E-state index contributed by atoms with van der Waals surface area (Å²) in [7, 11) is -2.10. The fraction of sp³-hybridized carbons (Fsp3) is 0.556. The summed E-state index contributed by atoms with van der Waals surface area (Å²) in [5, 5.41) is 4.05. The normalized spacial score (nSPS) is 21.7. The minimum absolute atomic E-state index is 0.181. The van der Waals surface area contributed by atoms with E-state index >= 15 is 0 Å². The van der Waals surface area contributed by atoms with E-state index < -0.39 is 10.0 Å². The quantitative estimate of drug-likeness (QED) is 0.769. The first-order chi connectivity index (χ1) is 12.6. The summed E-state index contributed by atoms with van der Waals surface area (Å²) in [5.41, 5.74) is 0. The van der Waals surface area contributed by atoms with Gasteiger partial charge in [-0.1, -0.05) is 17.3 Å². The summed E-state index contributed by atoms with van der Waals surface area (Å²) in [4.78, 5) is 4.69. The Balaban J connectivity index is 1.48. The van der Waals surface area contributed by atoms with E-state index in [4.69, 9.17) is 9.26 Å². The van der Waals surface area contributed by atoms with E-state index in [-0.39, 0.29) is 10.8 Å². The van der Waals surface area contributed by atoms with Gasteiger partial charge in [0.15, 0.2) is 5.82 Å². The largest absolute Gasteiger partial charge is 0.495 e. The van der Waals surface area contributed by atoms with Crippen LogP contribution in [-0.2, 0) is 16.4 Å². The van der Waals surface area contributed by atoms with Gasteiger partial charge in [0.05, 0.1) is 7.11 Å². The van der Waals surface area contributed by atoms with Crippen molar-refractivity contribution < 1.29 is 17.7 Å². The molecule has 7 nitrogen and oxygen atoms in total. The zero-order chi connectivity index (χ0) is 18.1. The summed E-state index contributed by atoms with van der Waals surface area (Å²) < 4.78 is 38.3. The Kier molecular flexibility index (Phi) is 4.71. The standard InChI is InChI=1S/C18H23N3O4S/c1-24-15-6-2-3-7-16(15)26(22,23)21-10-4-5-13(12-21)11-17-19-18(20-25-17)14-8-9-14/h2-3,6-7,13-14H,4-5,8-12H2,1H3. The summed E-state index contributed by atoms with van der Waals surface area (Å²) >= 11 is 0. The van der Waals surface area contributed by atoms with Crippen LogP contribution in [0.2, 0.25) is 0 Å². The Morgan fingerprint density at radius 3 is 2.85 bits per heavy atom. The topological polar surface area (TPSA) is 85.5 Å².